The van der Waals surface area contributed by atoms with Crippen LogP contribution in [0.2, 0.25) is 0 Å². The lowest BCUT2D eigenvalue weighted by molar-refractivity contribution is -0.134. The fraction of sp³-hybridized carbons (Fsp3) is 0.214. The molecule has 0 heterocycles. The Bertz CT molecular complexity index is 1170. The van der Waals surface area contributed by atoms with E-state index in [9.17, 15) is 19.8 Å². The van der Waals surface area contributed by atoms with Gasteiger partial charge in [0.2, 0.25) is 0 Å². The van der Waals surface area contributed by atoms with Gasteiger partial charge in [0.1, 0.15) is 18.8 Å². The first-order chi connectivity index (χ1) is 17.0. The van der Waals surface area contributed by atoms with Crippen LogP contribution < -0.4 is 5.32 Å². The highest BCUT2D eigenvalue weighted by molar-refractivity contribution is 5.86. The zero-order valence-electron chi connectivity index (χ0n) is 19.3. The number of aliphatic hydroxyl groups is 2. The van der Waals surface area contributed by atoms with Gasteiger partial charge in [-0.3, -0.25) is 0 Å². The van der Waals surface area contributed by atoms with Gasteiger partial charge in [-0.1, -0.05) is 72.8 Å². The second kappa shape index (κ2) is 11.0. The Balaban J connectivity index is 1.29. The molecule has 2 unspecified atom stereocenters. The summed E-state index contributed by atoms with van der Waals surface area (Å²) in [5.41, 5.74) is 5.72. The lowest BCUT2D eigenvalue weighted by Crippen LogP contribution is -2.36. The number of amides is 1. The summed E-state index contributed by atoms with van der Waals surface area (Å²) in [6.07, 6.45) is -0.230. The SMILES string of the molecule is COC(=O)/C=C/c1ccc(C(O)C(O)CNC(=O)OCC2c3ccccc3-c3ccccc32)cc1. The van der Waals surface area contributed by atoms with Crippen molar-refractivity contribution in [3.63, 3.8) is 0 Å². The maximum atomic E-state index is 12.3. The van der Waals surface area contributed by atoms with Crippen LogP contribution in [-0.4, -0.2) is 48.6 Å². The molecular weight excluding hydrogens is 446 g/mol. The molecule has 0 saturated heterocycles. The molecule has 0 bridgehead atoms. The van der Waals surface area contributed by atoms with Crippen LogP contribution in [0.25, 0.3) is 17.2 Å². The van der Waals surface area contributed by atoms with Gasteiger partial charge in [0, 0.05) is 18.5 Å². The topological polar surface area (TPSA) is 105 Å². The monoisotopic (exact) mass is 473 g/mol. The van der Waals surface area contributed by atoms with Gasteiger partial charge in [-0.25, -0.2) is 9.59 Å². The van der Waals surface area contributed by atoms with Crippen molar-refractivity contribution >= 4 is 18.1 Å². The molecular formula is C28H27NO6. The van der Waals surface area contributed by atoms with Gasteiger partial charge in [0.25, 0.3) is 0 Å². The van der Waals surface area contributed by atoms with E-state index in [-0.39, 0.29) is 19.1 Å². The van der Waals surface area contributed by atoms with Crippen molar-refractivity contribution < 1.29 is 29.3 Å². The van der Waals surface area contributed by atoms with Gasteiger partial charge in [0.15, 0.2) is 0 Å². The third-order valence-electron chi connectivity index (χ3n) is 6.05. The molecule has 7 heteroatoms. The first kappa shape index (κ1) is 24.2. The third kappa shape index (κ3) is 5.59. The number of hydrogen-bond acceptors (Lipinski definition) is 6. The summed E-state index contributed by atoms with van der Waals surface area (Å²) in [5, 5.41) is 23.3. The van der Waals surface area contributed by atoms with E-state index in [1.165, 1.54) is 13.2 Å². The highest BCUT2D eigenvalue weighted by Crippen LogP contribution is 2.44. The molecule has 1 aliphatic rings. The summed E-state index contributed by atoms with van der Waals surface area (Å²) < 4.78 is 10.0. The summed E-state index contributed by atoms with van der Waals surface area (Å²) in [6, 6.07) is 22.8. The van der Waals surface area contributed by atoms with Crippen molar-refractivity contribution in [3.8, 4) is 11.1 Å². The summed E-state index contributed by atoms with van der Waals surface area (Å²) in [4.78, 5) is 23.5. The highest BCUT2D eigenvalue weighted by Gasteiger charge is 2.29. The molecule has 0 radical (unpaired) electrons. The van der Waals surface area contributed by atoms with Crippen LogP contribution in [0, 0.1) is 0 Å². The van der Waals surface area contributed by atoms with Crippen molar-refractivity contribution in [2.75, 3.05) is 20.3 Å². The number of methoxy groups -OCH3 is 1. The molecule has 0 spiro atoms. The third-order valence-corrected chi connectivity index (χ3v) is 6.05. The van der Waals surface area contributed by atoms with Crippen LogP contribution in [0.4, 0.5) is 4.79 Å². The molecule has 0 saturated carbocycles. The summed E-state index contributed by atoms with van der Waals surface area (Å²) in [5.74, 6) is -0.528. The number of esters is 1. The largest absolute Gasteiger partial charge is 0.466 e. The Labute approximate surface area is 203 Å². The number of rotatable bonds is 8. The second-order valence-electron chi connectivity index (χ2n) is 8.24. The van der Waals surface area contributed by atoms with E-state index in [1.54, 1.807) is 30.3 Å². The van der Waals surface area contributed by atoms with E-state index in [0.29, 0.717) is 5.56 Å². The molecule has 7 nitrogen and oxygen atoms in total. The summed E-state index contributed by atoms with van der Waals surface area (Å²) in [7, 11) is 1.30. The van der Waals surface area contributed by atoms with Gasteiger partial charge in [-0.15, -0.1) is 0 Å². The van der Waals surface area contributed by atoms with E-state index < -0.39 is 24.3 Å². The van der Waals surface area contributed by atoms with Crippen LogP contribution in [0.1, 0.15) is 34.3 Å². The molecule has 1 aliphatic carbocycles. The van der Waals surface area contributed by atoms with E-state index in [0.717, 1.165) is 27.8 Å². The zero-order valence-corrected chi connectivity index (χ0v) is 19.3. The first-order valence-corrected chi connectivity index (χ1v) is 11.3. The maximum absolute atomic E-state index is 12.3. The highest BCUT2D eigenvalue weighted by atomic mass is 16.5. The van der Waals surface area contributed by atoms with Gasteiger partial charge in [-0.05, 0) is 39.5 Å². The average Bonchev–Trinajstić information content (AvgIpc) is 3.22. The van der Waals surface area contributed by atoms with Crippen LogP contribution in [0.3, 0.4) is 0 Å². The Morgan fingerprint density at radius 1 is 0.943 bits per heavy atom. The smallest absolute Gasteiger partial charge is 0.407 e. The van der Waals surface area contributed by atoms with Gasteiger partial charge in [0.05, 0.1) is 7.11 Å². The van der Waals surface area contributed by atoms with E-state index in [1.807, 2.05) is 36.4 Å². The van der Waals surface area contributed by atoms with Crippen LogP contribution in [0.15, 0.2) is 78.9 Å². The van der Waals surface area contributed by atoms with Crippen molar-refractivity contribution in [2.45, 2.75) is 18.1 Å². The lowest BCUT2D eigenvalue weighted by Gasteiger charge is -2.19. The predicted molar refractivity (Wildman–Crippen MR) is 132 cm³/mol. The Morgan fingerprint density at radius 3 is 2.14 bits per heavy atom. The molecule has 4 rings (SSSR count). The van der Waals surface area contributed by atoms with E-state index in [4.69, 9.17) is 4.74 Å². The minimum Gasteiger partial charge on any atom is -0.466 e. The van der Waals surface area contributed by atoms with Gasteiger partial charge in [-0.2, -0.15) is 0 Å². The average molecular weight is 474 g/mol. The molecule has 3 aromatic rings. The predicted octanol–water partition coefficient (Wildman–Crippen LogP) is 3.81. The molecule has 35 heavy (non-hydrogen) atoms. The molecule has 0 aromatic heterocycles. The van der Waals surface area contributed by atoms with Crippen LogP contribution in [0.5, 0.6) is 0 Å². The number of benzene rings is 3. The fourth-order valence-corrected chi connectivity index (χ4v) is 4.21. The quantitative estimate of drug-likeness (QED) is 0.340. The van der Waals surface area contributed by atoms with Crippen LogP contribution in [-0.2, 0) is 14.3 Å². The number of alkyl carbamates (subject to hydrolysis) is 1. The molecule has 180 valence electrons. The van der Waals surface area contributed by atoms with Crippen molar-refractivity contribution in [3.05, 3.63) is 101 Å². The molecule has 1 amide bonds. The summed E-state index contributed by atoms with van der Waals surface area (Å²) in [6.45, 7) is -0.0130. The van der Waals surface area contributed by atoms with Crippen LogP contribution >= 0.6 is 0 Å². The normalized spacial score (nSPS) is 14.1. The Morgan fingerprint density at radius 2 is 1.54 bits per heavy atom. The zero-order chi connectivity index (χ0) is 24.8. The molecule has 0 fully saturated rings. The van der Waals surface area contributed by atoms with E-state index >= 15 is 0 Å². The Hall–Kier alpha value is -3.94. The maximum Gasteiger partial charge on any atom is 0.407 e. The fourth-order valence-electron chi connectivity index (χ4n) is 4.21. The molecule has 3 N–H and O–H groups in total. The lowest BCUT2D eigenvalue weighted by atomic mass is 9.98. The van der Waals surface area contributed by atoms with Crippen molar-refractivity contribution in [1.29, 1.82) is 0 Å². The van der Waals surface area contributed by atoms with E-state index in [2.05, 4.69) is 22.2 Å². The second-order valence-corrected chi connectivity index (χ2v) is 8.24. The van der Waals surface area contributed by atoms with Crippen molar-refractivity contribution in [2.24, 2.45) is 0 Å². The van der Waals surface area contributed by atoms with Gasteiger partial charge < -0.3 is 25.0 Å². The van der Waals surface area contributed by atoms with Crippen molar-refractivity contribution in [1.82, 2.24) is 5.32 Å². The minimum atomic E-state index is -1.23. The number of ether oxygens (including phenoxy) is 2. The first-order valence-electron chi connectivity index (χ1n) is 11.3. The number of fused-ring (bicyclic) bond motifs is 3. The minimum absolute atomic E-state index is 0.0598. The number of aliphatic hydroxyl groups excluding tert-OH is 2. The summed E-state index contributed by atoms with van der Waals surface area (Å²) >= 11 is 0. The Kier molecular flexibility index (Phi) is 7.60. The number of nitrogens with one attached hydrogen (secondary N) is 1. The molecule has 3 aromatic carbocycles. The molecule has 0 aliphatic heterocycles. The van der Waals surface area contributed by atoms with Gasteiger partial charge >= 0.3 is 12.1 Å². The number of hydrogen-bond donors (Lipinski definition) is 3. The standard InChI is InChI=1S/C28H27NO6/c1-34-26(31)15-12-18-10-13-19(14-11-18)27(32)25(30)16-29-28(33)35-17-24-22-8-4-2-6-20(22)21-7-3-5-9-23(21)24/h2-15,24-25,27,30,32H,16-17H2,1H3,(H,29,33)/b15-12+. The number of carbonyl (C=O) groups excluding carboxylic acids is 2. The molecule has 2 atom stereocenters. The number of carbonyl (C=O) groups is 2.